The van der Waals surface area contributed by atoms with Crippen LogP contribution < -0.4 is 0 Å². The molecule has 0 radical (unpaired) electrons. The first-order valence-electron chi connectivity index (χ1n) is 7.50. The summed E-state index contributed by atoms with van der Waals surface area (Å²) in [5.41, 5.74) is 0.885. The Balaban J connectivity index is 1.45. The van der Waals surface area contributed by atoms with Crippen molar-refractivity contribution in [2.45, 2.75) is 51.2 Å². The summed E-state index contributed by atoms with van der Waals surface area (Å²) >= 11 is 7.38. The molecule has 0 N–H and O–H groups in total. The number of rotatable bonds is 6. The number of nitrogens with zero attached hydrogens (tertiary/aromatic N) is 3. The third kappa shape index (κ3) is 3.00. The van der Waals surface area contributed by atoms with Gasteiger partial charge < -0.3 is 4.42 Å². The van der Waals surface area contributed by atoms with Crippen molar-refractivity contribution in [3.05, 3.63) is 33.7 Å². The third-order valence-corrected chi connectivity index (χ3v) is 5.43. The summed E-state index contributed by atoms with van der Waals surface area (Å²) in [5, 5.41) is 4.13. The molecule has 2 aliphatic rings. The van der Waals surface area contributed by atoms with Crippen LogP contribution >= 0.6 is 23.1 Å². The Labute approximate surface area is 133 Å². The number of hydrogen-bond donors (Lipinski definition) is 0. The minimum atomic E-state index is 0.635. The van der Waals surface area contributed by atoms with E-state index in [0.717, 1.165) is 36.2 Å². The van der Waals surface area contributed by atoms with E-state index in [1.807, 2.05) is 0 Å². The molecule has 0 saturated heterocycles. The molecule has 2 aromatic rings. The first kappa shape index (κ1) is 13.7. The second-order valence-corrected chi connectivity index (χ2v) is 7.61. The molecule has 112 valence electrons. The van der Waals surface area contributed by atoms with E-state index >= 15 is 0 Å². The molecule has 0 bridgehead atoms. The Kier molecular flexibility index (Phi) is 3.52. The molecule has 0 unspecified atom stereocenters. The average molecular weight is 324 g/mol. The van der Waals surface area contributed by atoms with Gasteiger partial charge in [-0.15, -0.1) is 5.10 Å². The van der Waals surface area contributed by atoms with Crippen molar-refractivity contribution in [2.75, 3.05) is 0 Å². The smallest absolute Gasteiger partial charge is 0.138 e. The largest absolute Gasteiger partial charge is 0.464 e. The third-order valence-electron chi connectivity index (χ3n) is 4.44. The van der Waals surface area contributed by atoms with Gasteiger partial charge in [-0.05, 0) is 37.3 Å². The predicted molar refractivity (Wildman–Crippen MR) is 82.4 cm³/mol. The van der Waals surface area contributed by atoms with Gasteiger partial charge in [-0.25, -0.2) is 0 Å². The predicted octanol–water partition coefficient (Wildman–Crippen LogP) is 4.07. The second kappa shape index (κ2) is 5.38. The molecule has 2 atom stereocenters. The highest BCUT2D eigenvalue weighted by molar-refractivity contribution is 7.10. The number of hydrogen-bond acceptors (Lipinski definition) is 5. The molecule has 0 spiro atoms. The van der Waals surface area contributed by atoms with E-state index in [9.17, 15) is 0 Å². The van der Waals surface area contributed by atoms with Crippen LogP contribution in [0.25, 0.3) is 0 Å². The number of aromatic nitrogens is 2. The van der Waals surface area contributed by atoms with Crippen molar-refractivity contribution >= 4 is 23.1 Å². The topological polar surface area (TPSA) is 42.2 Å². The Morgan fingerprint density at radius 1 is 1.38 bits per heavy atom. The van der Waals surface area contributed by atoms with Crippen LogP contribution in [0, 0.1) is 5.92 Å². The lowest BCUT2D eigenvalue weighted by atomic mass is 10.3. The molecule has 0 aromatic carbocycles. The van der Waals surface area contributed by atoms with E-state index in [-0.39, 0.29) is 0 Å². The lowest BCUT2D eigenvalue weighted by Crippen LogP contribution is -2.25. The van der Waals surface area contributed by atoms with Gasteiger partial charge in [-0.3, -0.25) is 4.90 Å². The standard InChI is InChI=1S/C15H18ClN3OS/c1-9-6-12(9)14-5-4-11(20-14)7-19(10-2-3-10)8-13-15(16)21-18-17-13/h4-5,9-10,12H,2-3,6-8H2,1H3/t9-,12-/m1/s1. The maximum absolute atomic E-state index is 6.13. The monoisotopic (exact) mass is 323 g/mol. The van der Waals surface area contributed by atoms with Gasteiger partial charge in [0.25, 0.3) is 0 Å². The van der Waals surface area contributed by atoms with E-state index in [4.69, 9.17) is 16.0 Å². The fourth-order valence-corrected chi connectivity index (χ4v) is 3.45. The molecule has 2 aromatic heterocycles. The number of furan rings is 1. The first-order valence-corrected chi connectivity index (χ1v) is 8.65. The van der Waals surface area contributed by atoms with Crippen LogP contribution in [0.1, 0.15) is 49.3 Å². The van der Waals surface area contributed by atoms with Crippen molar-refractivity contribution in [3.8, 4) is 0 Å². The van der Waals surface area contributed by atoms with Crippen LogP contribution in [0.2, 0.25) is 4.34 Å². The maximum Gasteiger partial charge on any atom is 0.138 e. The van der Waals surface area contributed by atoms with Gasteiger partial charge in [0.05, 0.1) is 6.54 Å². The molecule has 0 amide bonds. The van der Waals surface area contributed by atoms with Crippen LogP contribution in [0.5, 0.6) is 0 Å². The molecule has 2 saturated carbocycles. The highest BCUT2D eigenvalue weighted by Crippen LogP contribution is 2.47. The van der Waals surface area contributed by atoms with Crippen LogP contribution in [-0.2, 0) is 13.1 Å². The summed E-state index contributed by atoms with van der Waals surface area (Å²) < 4.78 is 10.6. The molecule has 2 aliphatic carbocycles. The number of halogens is 1. The van der Waals surface area contributed by atoms with Gasteiger partial charge >= 0.3 is 0 Å². The van der Waals surface area contributed by atoms with Gasteiger partial charge in [0.2, 0.25) is 0 Å². The van der Waals surface area contributed by atoms with E-state index in [1.165, 1.54) is 30.8 Å². The Morgan fingerprint density at radius 3 is 2.81 bits per heavy atom. The van der Waals surface area contributed by atoms with Gasteiger partial charge in [-0.2, -0.15) is 0 Å². The minimum Gasteiger partial charge on any atom is -0.464 e. The zero-order valence-electron chi connectivity index (χ0n) is 12.0. The summed E-state index contributed by atoms with van der Waals surface area (Å²) in [5.74, 6) is 3.63. The van der Waals surface area contributed by atoms with Gasteiger partial charge in [0.1, 0.15) is 21.6 Å². The average Bonchev–Trinajstić information content (AvgIpc) is 3.35. The molecule has 2 heterocycles. The molecular formula is C15H18ClN3OS. The Hall–Kier alpha value is -0.910. The fraction of sp³-hybridized carbons (Fsp3) is 0.600. The molecule has 6 heteroatoms. The molecular weight excluding hydrogens is 306 g/mol. The highest BCUT2D eigenvalue weighted by Gasteiger charge is 2.37. The van der Waals surface area contributed by atoms with E-state index in [1.54, 1.807) is 0 Å². The summed E-state index contributed by atoms with van der Waals surface area (Å²) in [7, 11) is 0. The summed E-state index contributed by atoms with van der Waals surface area (Å²) in [6.07, 6.45) is 3.77. The van der Waals surface area contributed by atoms with Crippen LogP contribution in [0.4, 0.5) is 0 Å². The van der Waals surface area contributed by atoms with Crippen LogP contribution in [0.3, 0.4) is 0 Å². The normalized spacial score (nSPS) is 24.7. The van der Waals surface area contributed by atoms with E-state index in [2.05, 4.69) is 33.5 Å². The van der Waals surface area contributed by atoms with Crippen molar-refractivity contribution in [1.82, 2.24) is 14.5 Å². The molecule has 0 aliphatic heterocycles. The fourth-order valence-electron chi connectivity index (χ4n) is 2.83. The zero-order chi connectivity index (χ0) is 14.4. The zero-order valence-corrected chi connectivity index (χ0v) is 13.5. The minimum absolute atomic E-state index is 0.635. The summed E-state index contributed by atoms with van der Waals surface area (Å²) in [6.45, 7) is 3.87. The van der Waals surface area contributed by atoms with Crippen molar-refractivity contribution < 1.29 is 4.42 Å². The van der Waals surface area contributed by atoms with Crippen LogP contribution in [-0.4, -0.2) is 20.5 Å². The molecule has 21 heavy (non-hydrogen) atoms. The van der Waals surface area contributed by atoms with Crippen molar-refractivity contribution in [1.29, 1.82) is 0 Å². The first-order chi connectivity index (χ1) is 10.2. The van der Waals surface area contributed by atoms with Gasteiger partial charge in [0, 0.05) is 30.0 Å². The summed E-state index contributed by atoms with van der Waals surface area (Å²) in [6, 6.07) is 4.90. The summed E-state index contributed by atoms with van der Waals surface area (Å²) in [4.78, 5) is 2.40. The van der Waals surface area contributed by atoms with E-state index in [0.29, 0.717) is 16.3 Å². The van der Waals surface area contributed by atoms with Gasteiger partial charge in [-0.1, -0.05) is 23.0 Å². The SMILES string of the molecule is C[C@@H]1C[C@H]1c1ccc(CN(Cc2nnsc2Cl)C2CC2)o1. The van der Waals surface area contributed by atoms with Crippen LogP contribution in [0.15, 0.2) is 16.5 Å². The second-order valence-electron chi connectivity index (χ2n) is 6.25. The molecule has 4 rings (SSSR count). The van der Waals surface area contributed by atoms with Gasteiger partial charge in [0.15, 0.2) is 0 Å². The Bertz CT molecular complexity index is 636. The quantitative estimate of drug-likeness (QED) is 0.803. The lowest BCUT2D eigenvalue weighted by molar-refractivity contribution is 0.220. The van der Waals surface area contributed by atoms with Crippen molar-refractivity contribution in [3.63, 3.8) is 0 Å². The molecule has 4 nitrogen and oxygen atoms in total. The van der Waals surface area contributed by atoms with Crippen molar-refractivity contribution in [2.24, 2.45) is 5.92 Å². The Morgan fingerprint density at radius 2 is 2.19 bits per heavy atom. The highest BCUT2D eigenvalue weighted by atomic mass is 35.5. The van der Waals surface area contributed by atoms with E-state index < -0.39 is 0 Å². The lowest BCUT2D eigenvalue weighted by Gasteiger charge is -2.19. The maximum atomic E-state index is 6.13. The molecule has 2 fully saturated rings.